The van der Waals surface area contributed by atoms with Crippen LogP contribution >= 0.6 is 0 Å². The maximum Gasteiger partial charge on any atom is 0.410 e. The monoisotopic (exact) mass is 369 g/mol. The van der Waals surface area contributed by atoms with Crippen LogP contribution in [-0.2, 0) is 15.5 Å². The summed E-state index contributed by atoms with van der Waals surface area (Å²) in [6.07, 6.45) is 3.29. The van der Waals surface area contributed by atoms with Crippen molar-refractivity contribution in [3.8, 4) is 0 Å². The lowest BCUT2D eigenvalue weighted by Gasteiger charge is -2.36. The first-order chi connectivity index (χ1) is 11.7. The average Bonchev–Trinajstić information content (AvgIpc) is 2.53. The summed E-state index contributed by atoms with van der Waals surface area (Å²) in [6, 6.07) is 2.49. The third-order valence-electron chi connectivity index (χ3n) is 3.76. The van der Waals surface area contributed by atoms with Crippen LogP contribution in [0.3, 0.4) is 0 Å². The topological polar surface area (TPSA) is 103 Å². The normalized spacial score (nSPS) is 19.3. The molecule has 1 fully saturated rings. The Balaban J connectivity index is 2.06. The van der Waals surface area contributed by atoms with Crippen molar-refractivity contribution < 1.29 is 18.7 Å². The molecule has 1 aliphatic rings. The number of piperidine rings is 1. The van der Waals surface area contributed by atoms with Gasteiger partial charge < -0.3 is 9.64 Å². The molecule has 2 atom stereocenters. The minimum absolute atomic E-state index is 0.145. The predicted molar refractivity (Wildman–Crippen MR) is 92.7 cm³/mol. The summed E-state index contributed by atoms with van der Waals surface area (Å²) in [6.45, 7) is 6.00. The zero-order valence-corrected chi connectivity index (χ0v) is 15.5. The fraction of sp³-hybridized carbons (Fsp3) is 0.625. The van der Waals surface area contributed by atoms with Gasteiger partial charge in [-0.2, -0.15) is 0 Å². The molecule has 0 saturated carbocycles. The van der Waals surface area contributed by atoms with Crippen molar-refractivity contribution >= 4 is 22.6 Å². The third kappa shape index (κ3) is 5.48. The highest BCUT2D eigenvalue weighted by Gasteiger charge is 2.32. The smallest absolute Gasteiger partial charge is 0.410 e. The second kappa shape index (κ2) is 7.90. The first-order valence-electron chi connectivity index (χ1n) is 8.16. The molecule has 0 aromatic carbocycles. The minimum atomic E-state index is -1.45. The Bertz CT molecular complexity index is 657. The standard InChI is InChI=1S/C16H23N3O5S/c1-16(2,3)24-15(20)18-9-5-4-6-13(18)11-25(23)14-8-7-12(10-17-14)19(21)22/h7-8,10,13H,4-6,9,11H2,1-3H3/t13-,25-/m1/s1. The van der Waals surface area contributed by atoms with Crippen LogP contribution in [0.4, 0.5) is 10.5 Å². The number of carbonyl (C=O) groups excluding carboxylic acids is 1. The van der Waals surface area contributed by atoms with Gasteiger partial charge in [0.1, 0.15) is 16.8 Å². The Hall–Kier alpha value is -2.03. The number of amides is 1. The van der Waals surface area contributed by atoms with Gasteiger partial charge >= 0.3 is 6.09 Å². The number of likely N-dealkylation sites (tertiary alicyclic amines) is 1. The lowest BCUT2D eigenvalue weighted by Crippen LogP contribution is -2.48. The molecule has 1 aliphatic heterocycles. The van der Waals surface area contributed by atoms with E-state index in [4.69, 9.17) is 4.74 Å². The summed E-state index contributed by atoms with van der Waals surface area (Å²) in [4.78, 5) is 28.0. The fourth-order valence-electron chi connectivity index (χ4n) is 2.61. The summed E-state index contributed by atoms with van der Waals surface area (Å²) < 4.78 is 18.0. The van der Waals surface area contributed by atoms with Gasteiger partial charge in [0.25, 0.3) is 5.69 Å². The predicted octanol–water partition coefficient (Wildman–Crippen LogP) is 2.89. The number of rotatable bonds is 4. The molecular weight excluding hydrogens is 346 g/mol. The SMILES string of the molecule is CC(C)(C)OC(=O)N1CCCC[C@@H]1C[S@@](=O)c1ccc([N+](=O)[O-])cn1. The van der Waals surface area contributed by atoms with E-state index in [1.165, 1.54) is 12.1 Å². The summed E-state index contributed by atoms with van der Waals surface area (Å²) in [5.74, 6) is 0.240. The average molecular weight is 369 g/mol. The van der Waals surface area contributed by atoms with Gasteiger partial charge in [0, 0.05) is 18.7 Å². The molecule has 0 bridgehead atoms. The number of nitrogens with zero attached hydrogens (tertiary/aromatic N) is 3. The van der Waals surface area contributed by atoms with Gasteiger partial charge in [-0.3, -0.25) is 14.3 Å². The van der Waals surface area contributed by atoms with Crippen LogP contribution in [0.5, 0.6) is 0 Å². The van der Waals surface area contributed by atoms with Crippen LogP contribution in [0.25, 0.3) is 0 Å². The van der Waals surface area contributed by atoms with Crippen molar-refractivity contribution in [1.29, 1.82) is 0 Å². The van der Waals surface area contributed by atoms with Crippen LogP contribution < -0.4 is 0 Å². The number of hydrogen-bond donors (Lipinski definition) is 0. The third-order valence-corrected chi connectivity index (χ3v) is 5.16. The molecule has 1 amide bonds. The fourth-order valence-corrected chi connectivity index (χ4v) is 3.87. The van der Waals surface area contributed by atoms with Crippen LogP contribution in [0.15, 0.2) is 23.4 Å². The van der Waals surface area contributed by atoms with E-state index in [0.717, 1.165) is 25.5 Å². The van der Waals surface area contributed by atoms with Crippen LogP contribution in [0.1, 0.15) is 40.0 Å². The van der Waals surface area contributed by atoms with Gasteiger partial charge in [0.05, 0.1) is 21.5 Å². The van der Waals surface area contributed by atoms with E-state index in [1.54, 1.807) is 4.90 Å². The number of carbonyl (C=O) groups is 1. The van der Waals surface area contributed by atoms with E-state index in [1.807, 2.05) is 20.8 Å². The lowest BCUT2D eigenvalue weighted by atomic mass is 10.0. The Morgan fingerprint density at radius 3 is 2.72 bits per heavy atom. The lowest BCUT2D eigenvalue weighted by molar-refractivity contribution is -0.385. The summed E-state index contributed by atoms with van der Waals surface area (Å²) in [7, 11) is -1.45. The van der Waals surface area contributed by atoms with Gasteiger partial charge in [-0.25, -0.2) is 9.78 Å². The van der Waals surface area contributed by atoms with Gasteiger partial charge in [0.15, 0.2) is 0 Å². The van der Waals surface area contributed by atoms with Crippen molar-refractivity contribution in [3.05, 3.63) is 28.4 Å². The molecule has 2 heterocycles. The maximum absolute atomic E-state index is 12.5. The van der Waals surface area contributed by atoms with E-state index >= 15 is 0 Å². The van der Waals surface area contributed by atoms with Gasteiger partial charge in [-0.1, -0.05) is 0 Å². The maximum atomic E-state index is 12.5. The molecule has 25 heavy (non-hydrogen) atoms. The molecule has 2 rings (SSSR count). The van der Waals surface area contributed by atoms with Gasteiger partial charge in [-0.05, 0) is 46.1 Å². The molecule has 8 nitrogen and oxygen atoms in total. The quantitative estimate of drug-likeness (QED) is 0.597. The summed E-state index contributed by atoms with van der Waals surface area (Å²) in [5.41, 5.74) is -0.730. The van der Waals surface area contributed by atoms with Crippen molar-refractivity contribution in [3.63, 3.8) is 0 Å². The first-order valence-corrected chi connectivity index (χ1v) is 9.48. The highest BCUT2D eigenvalue weighted by molar-refractivity contribution is 7.85. The Morgan fingerprint density at radius 2 is 2.16 bits per heavy atom. The second-order valence-corrected chi connectivity index (χ2v) is 8.39. The number of nitro groups is 1. The van der Waals surface area contributed by atoms with Crippen molar-refractivity contribution in [1.82, 2.24) is 9.88 Å². The van der Waals surface area contributed by atoms with Crippen LogP contribution in [0.2, 0.25) is 0 Å². The molecule has 1 saturated heterocycles. The Labute approximate surface area is 149 Å². The molecule has 0 N–H and O–H groups in total. The van der Waals surface area contributed by atoms with E-state index < -0.39 is 27.4 Å². The van der Waals surface area contributed by atoms with E-state index in [0.29, 0.717) is 6.54 Å². The zero-order chi connectivity index (χ0) is 18.6. The number of ether oxygens (including phenoxy) is 1. The molecular formula is C16H23N3O5S. The second-order valence-electron chi connectivity index (χ2n) is 6.95. The van der Waals surface area contributed by atoms with E-state index in [2.05, 4.69) is 4.98 Å². The van der Waals surface area contributed by atoms with Gasteiger partial charge in [0.2, 0.25) is 0 Å². The van der Waals surface area contributed by atoms with Crippen LogP contribution in [-0.4, -0.2) is 49.0 Å². The number of aromatic nitrogens is 1. The van der Waals surface area contributed by atoms with E-state index in [9.17, 15) is 19.1 Å². The van der Waals surface area contributed by atoms with Crippen molar-refractivity contribution in [2.45, 2.75) is 56.7 Å². The summed E-state index contributed by atoms with van der Waals surface area (Å²) in [5, 5.41) is 10.9. The van der Waals surface area contributed by atoms with Gasteiger partial charge in [-0.15, -0.1) is 0 Å². The van der Waals surface area contributed by atoms with Crippen LogP contribution in [0, 0.1) is 10.1 Å². The van der Waals surface area contributed by atoms with Crippen molar-refractivity contribution in [2.24, 2.45) is 0 Å². The molecule has 9 heteroatoms. The first kappa shape index (κ1) is 19.3. The molecule has 1 aromatic heterocycles. The highest BCUT2D eigenvalue weighted by Crippen LogP contribution is 2.22. The Morgan fingerprint density at radius 1 is 1.44 bits per heavy atom. The Kier molecular flexibility index (Phi) is 6.10. The minimum Gasteiger partial charge on any atom is -0.444 e. The van der Waals surface area contributed by atoms with Crippen molar-refractivity contribution in [2.75, 3.05) is 12.3 Å². The largest absolute Gasteiger partial charge is 0.444 e. The highest BCUT2D eigenvalue weighted by atomic mass is 32.2. The number of pyridine rings is 1. The molecule has 0 aliphatic carbocycles. The molecule has 0 radical (unpaired) electrons. The van der Waals surface area contributed by atoms with E-state index in [-0.39, 0.29) is 22.5 Å². The zero-order valence-electron chi connectivity index (χ0n) is 14.6. The molecule has 0 spiro atoms. The molecule has 1 aromatic rings. The number of hydrogen-bond acceptors (Lipinski definition) is 6. The summed E-state index contributed by atoms with van der Waals surface area (Å²) >= 11 is 0. The molecule has 138 valence electrons. The molecule has 0 unspecified atom stereocenters.